The van der Waals surface area contributed by atoms with Gasteiger partial charge in [-0.2, -0.15) is 0 Å². The predicted molar refractivity (Wildman–Crippen MR) is 82.6 cm³/mol. The largest absolute Gasteiger partial charge is 0.478 e. The number of cyclic esters (lactones) is 1. The number of nitrogens with one attached hydrogen (secondary N) is 1. The van der Waals surface area contributed by atoms with Gasteiger partial charge in [-0.3, -0.25) is 0 Å². The summed E-state index contributed by atoms with van der Waals surface area (Å²) in [5.74, 6) is 4.88. The van der Waals surface area contributed by atoms with E-state index in [4.69, 9.17) is 9.84 Å². The summed E-state index contributed by atoms with van der Waals surface area (Å²) in [5.41, 5.74) is 2.26. The van der Waals surface area contributed by atoms with Crippen LogP contribution in [-0.4, -0.2) is 23.3 Å². The molecule has 23 heavy (non-hydrogen) atoms. The van der Waals surface area contributed by atoms with E-state index in [0.29, 0.717) is 5.56 Å². The molecule has 3 rings (SSSR count). The Balaban J connectivity index is 1.87. The summed E-state index contributed by atoms with van der Waals surface area (Å²) in [4.78, 5) is 22.5. The van der Waals surface area contributed by atoms with Gasteiger partial charge in [0.25, 0.3) is 0 Å². The highest BCUT2D eigenvalue weighted by Crippen LogP contribution is 2.25. The lowest BCUT2D eigenvalue weighted by Gasteiger charge is -2.13. The summed E-state index contributed by atoms with van der Waals surface area (Å²) >= 11 is 0. The lowest BCUT2D eigenvalue weighted by atomic mass is 10.00. The number of carbonyl (C=O) groups excluding carboxylic acids is 1. The van der Waals surface area contributed by atoms with Crippen molar-refractivity contribution in [1.29, 1.82) is 0 Å². The van der Waals surface area contributed by atoms with Gasteiger partial charge < -0.3 is 15.2 Å². The van der Waals surface area contributed by atoms with Gasteiger partial charge in [-0.15, -0.1) is 0 Å². The third-order valence-electron chi connectivity index (χ3n) is 3.42. The first kappa shape index (κ1) is 14.7. The van der Waals surface area contributed by atoms with Crippen LogP contribution < -0.4 is 5.32 Å². The minimum Gasteiger partial charge on any atom is -0.478 e. The number of carbonyl (C=O) groups is 2. The summed E-state index contributed by atoms with van der Waals surface area (Å²) in [6.45, 7) is 0. The van der Waals surface area contributed by atoms with Crippen molar-refractivity contribution < 1.29 is 19.4 Å². The highest BCUT2D eigenvalue weighted by Gasteiger charge is 2.40. The van der Waals surface area contributed by atoms with Gasteiger partial charge >= 0.3 is 12.1 Å². The lowest BCUT2D eigenvalue weighted by molar-refractivity contribution is -0.146. The molecule has 0 aromatic heterocycles. The minimum absolute atomic E-state index is 0.642. The zero-order valence-electron chi connectivity index (χ0n) is 12.0. The molecule has 0 unspecified atom stereocenters. The average molecular weight is 307 g/mol. The molecule has 2 atom stereocenters. The first-order chi connectivity index (χ1) is 11.1. The van der Waals surface area contributed by atoms with Gasteiger partial charge in [0.1, 0.15) is 6.04 Å². The van der Waals surface area contributed by atoms with Crippen molar-refractivity contribution >= 4 is 12.1 Å². The van der Waals surface area contributed by atoms with Crippen LogP contribution in [-0.2, 0) is 9.53 Å². The number of benzene rings is 2. The number of amides is 1. The van der Waals surface area contributed by atoms with Crippen LogP contribution in [0.4, 0.5) is 4.79 Å². The van der Waals surface area contributed by atoms with Gasteiger partial charge in [0.15, 0.2) is 0 Å². The van der Waals surface area contributed by atoms with Crippen LogP contribution in [0.5, 0.6) is 0 Å². The third-order valence-corrected chi connectivity index (χ3v) is 3.42. The molecule has 0 radical (unpaired) electrons. The highest BCUT2D eigenvalue weighted by atomic mass is 16.6. The van der Waals surface area contributed by atoms with Crippen LogP contribution in [0.1, 0.15) is 22.7 Å². The van der Waals surface area contributed by atoms with Gasteiger partial charge in [-0.25, -0.2) is 9.59 Å². The maximum absolute atomic E-state index is 11.3. The van der Waals surface area contributed by atoms with E-state index in [1.165, 1.54) is 0 Å². The molecule has 0 saturated carbocycles. The quantitative estimate of drug-likeness (QED) is 0.835. The Morgan fingerprint density at radius 1 is 1.04 bits per heavy atom. The Bertz CT molecular complexity index is 805. The maximum atomic E-state index is 11.3. The van der Waals surface area contributed by atoms with Crippen molar-refractivity contribution in [3.8, 4) is 11.8 Å². The smallest absolute Gasteiger partial charge is 0.408 e. The van der Waals surface area contributed by atoms with Crippen molar-refractivity contribution in [2.45, 2.75) is 12.1 Å². The Morgan fingerprint density at radius 3 is 2.48 bits per heavy atom. The fourth-order valence-corrected chi connectivity index (χ4v) is 2.35. The van der Waals surface area contributed by atoms with Crippen LogP contribution in [0.3, 0.4) is 0 Å². The average Bonchev–Trinajstić information content (AvgIpc) is 2.96. The summed E-state index contributed by atoms with van der Waals surface area (Å²) in [7, 11) is 0. The number of ether oxygens (including phenoxy) is 1. The van der Waals surface area contributed by atoms with Crippen LogP contribution >= 0.6 is 0 Å². The van der Waals surface area contributed by atoms with E-state index in [1.54, 1.807) is 18.2 Å². The fourth-order valence-electron chi connectivity index (χ4n) is 2.35. The van der Waals surface area contributed by atoms with Gasteiger partial charge in [0, 0.05) is 11.1 Å². The van der Waals surface area contributed by atoms with Gasteiger partial charge in [-0.1, -0.05) is 42.2 Å². The van der Waals surface area contributed by atoms with Crippen LogP contribution in [0.25, 0.3) is 0 Å². The van der Waals surface area contributed by atoms with E-state index in [2.05, 4.69) is 17.2 Å². The molecule has 1 heterocycles. The number of hydrogen-bond donors (Lipinski definition) is 2. The standard InChI is InChI=1S/C18H13NO4/c20-17(21)16-15(19-18(22)23-16)14-8-4-7-13(11-14)10-9-12-5-2-1-3-6-12/h1-8,11,15-16H,(H,19,22)(H,20,21)/t15-,16+/m1/s1. The van der Waals surface area contributed by atoms with Gasteiger partial charge in [-0.05, 0) is 29.8 Å². The molecule has 0 bridgehead atoms. The van der Waals surface area contributed by atoms with Crippen LogP contribution in [0.15, 0.2) is 54.6 Å². The first-order valence-electron chi connectivity index (χ1n) is 7.00. The van der Waals surface area contributed by atoms with Crippen molar-refractivity contribution in [3.05, 3.63) is 71.3 Å². The fraction of sp³-hybridized carbons (Fsp3) is 0.111. The Kier molecular flexibility index (Phi) is 3.98. The van der Waals surface area contributed by atoms with Gasteiger partial charge in [0.05, 0.1) is 0 Å². The second-order valence-electron chi connectivity index (χ2n) is 5.03. The van der Waals surface area contributed by atoms with Crippen molar-refractivity contribution in [3.63, 3.8) is 0 Å². The van der Waals surface area contributed by atoms with E-state index in [-0.39, 0.29) is 0 Å². The topological polar surface area (TPSA) is 75.6 Å². The number of carboxylic acids is 1. The molecular formula is C18H13NO4. The molecule has 0 spiro atoms. The molecule has 5 nitrogen and oxygen atoms in total. The molecular weight excluding hydrogens is 294 g/mol. The molecule has 114 valence electrons. The van der Waals surface area contributed by atoms with Gasteiger partial charge in [0.2, 0.25) is 6.10 Å². The molecule has 1 fully saturated rings. The second kappa shape index (κ2) is 6.24. The van der Waals surface area contributed by atoms with Crippen LogP contribution in [0, 0.1) is 11.8 Å². The normalized spacial score (nSPS) is 19.2. The number of rotatable bonds is 2. The molecule has 1 aliphatic heterocycles. The minimum atomic E-state index is -1.24. The molecule has 2 N–H and O–H groups in total. The number of alkyl carbamates (subject to hydrolysis) is 1. The zero-order chi connectivity index (χ0) is 16.2. The maximum Gasteiger partial charge on any atom is 0.408 e. The Morgan fingerprint density at radius 2 is 1.74 bits per heavy atom. The van der Waals surface area contributed by atoms with E-state index >= 15 is 0 Å². The van der Waals surface area contributed by atoms with E-state index in [1.807, 2.05) is 36.4 Å². The SMILES string of the molecule is O=C1N[C@H](c2cccc(C#Cc3ccccc3)c2)[C@@H](C(=O)O)O1. The predicted octanol–water partition coefficient (Wildman–Crippen LogP) is 2.32. The molecule has 0 aliphatic carbocycles. The van der Waals surface area contributed by atoms with Crippen molar-refractivity contribution in [2.24, 2.45) is 0 Å². The Hall–Kier alpha value is -3.26. The van der Waals surface area contributed by atoms with E-state index < -0.39 is 24.2 Å². The summed E-state index contributed by atoms with van der Waals surface area (Å²) < 4.78 is 4.77. The highest BCUT2D eigenvalue weighted by molar-refractivity contribution is 5.82. The monoisotopic (exact) mass is 307 g/mol. The first-order valence-corrected chi connectivity index (χ1v) is 7.00. The molecule has 5 heteroatoms. The third kappa shape index (κ3) is 3.33. The second-order valence-corrected chi connectivity index (χ2v) is 5.03. The zero-order valence-corrected chi connectivity index (χ0v) is 12.0. The van der Waals surface area contributed by atoms with E-state index in [0.717, 1.165) is 11.1 Å². The summed E-state index contributed by atoms with van der Waals surface area (Å²) in [6.07, 6.45) is -1.97. The molecule has 2 aromatic carbocycles. The molecule has 1 saturated heterocycles. The van der Waals surface area contributed by atoms with Crippen molar-refractivity contribution in [2.75, 3.05) is 0 Å². The lowest BCUT2D eigenvalue weighted by Crippen LogP contribution is -2.28. The number of hydrogen-bond acceptors (Lipinski definition) is 3. The van der Waals surface area contributed by atoms with E-state index in [9.17, 15) is 9.59 Å². The number of carboxylic acid groups (broad SMARTS) is 1. The summed E-state index contributed by atoms with van der Waals surface area (Å²) in [5, 5.41) is 11.7. The molecule has 1 aliphatic rings. The van der Waals surface area contributed by atoms with Crippen molar-refractivity contribution in [1.82, 2.24) is 5.32 Å². The van der Waals surface area contributed by atoms with Crippen LogP contribution in [0.2, 0.25) is 0 Å². The molecule has 2 aromatic rings. The summed E-state index contributed by atoms with van der Waals surface area (Å²) in [6, 6.07) is 15.9. The Labute approximate surface area is 132 Å². The number of aliphatic carboxylic acids is 1. The molecule has 1 amide bonds.